The van der Waals surface area contributed by atoms with Gasteiger partial charge in [-0.1, -0.05) is 31.9 Å². The smallest absolute Gasteiger partial charge is 0.407 e. The lowest BCUT2D eigenvalue weighted by atomic mass is 10.1. The summed E-state index contributed by atoms with van der Waals surface area (Å²) in [5, 5.41) is 12.6. The molecule has 188 valence electrons. The Hall–Kier alpha value is -3.53. The minimum absolute atomic E-state index is 0.263. The van der Waals surface area contributed by atoms with Crippen LogP contribution in [0.5, 0.6) is 5.75 Å². The zero-order valence-corrected chi connectivity index (χ0v) is 20.5. The van der Waals surface area contributed by atoms with E-state index >= 15 is 0 Å². The average molecular weight is 482 g/mol. The number of carbonyl (C=O) groups is 1. The molecular weight excluding hydrogens is 446 g/mol. The van der Waals surface area contributed by atoms with E-state index < -0.39 is 6.09 Å². The third-order valence-electron chi connectivity index (χ3n) is 6.44. The highest BCUT2D eigenvalue weighted by molar-refractivity contribution is 5.87. The van der Waals surface area contributed by atoms with Crippen LogP contribution in [0.1, 0.15) is 37.3 Å². The number of amides is 1. The van der Waals surface area contributed by atoms with Crippen LogP contribution in [0.2, 0.25) is 0 Å². The molecule has 0 bridgehead atoms. The summed E-state index contributed by atoms with van der Waals surface area (Å²) in [6, 6.07) is 8.25. The van der Waals surface area contributed by atoms with E-state index in [9.17, 15) is 4.79 Å². The molecule has 4 N–H and O–H groups in total. The standard InChI is InChI=1S/C25H35N7O3/c1-3-4-5-9-27-23-22-20(28-24(26)29-23)8-10-32(22)17-19-7-6-18(15-21(19)35-2)16-30-11-13-31(14-12-30)25(33)34/h6-8,10,15H,3-5,9,11-14,16-17H2,1-2H3,(H,33,34)(H3,26,27,28,29). The average Bonchev–Trinajstić information content (AvgIpc) is 3.25. The zero-order chi connectivity index (χ0) is 24.8. The summed E-state index contributed by atoms with van der Waals surface area (Å²) in [5.41, 5.74) is 9.89. The number of nitrogen functional groups attached to an aromatic ring is 1. The van der Waals surface area contributed by atoms with Crippen LogP contribution in [0.15, 0.2) is 30.5 Å². The number of rotatable bonds is 10. The second-order valence-electron chi connectivity index (χ2n) is 8.93. The fraction of sp³-hybridized carbons (Fsp3) is 0.480. The number of carboxylic acid groups (broad SMARTS) is 1. The van der Waals surface area contributed by atoms with Gasteiger partial charge in [0.15, 0.2) is 5.82 Å². The van der Waals surface area contributed by atoms with E-state index in [1.54, 1.807) is 7.11 Å². The Kier molecular flexibility index (Phi) is 7.91. The van der Waals surface area contributed by atoms with Gasteiger partial charge in [-0.2, -0.15) is 4.98 Å². The number of nitrogens with two attached hydrogens (primary N) is 1. The summed E-state index contributed by atoms with van der Waals surface area (Å²) in [6.07, 6.45) is 4.55. The normalized spacial score (nSPS) is 14.4. The minimum atomic E-state index is -0.847. The predicted octanol–water partition coefficient (Wildman–Crippen LogP) is 3.47. The van der Waals surface area contributed by atoms with Crippen molar-refractivity contribution in [1.82, 2.24) is 24.3 Å². The third-order valence-corrected chi connectivity index (χ3v) is 6.44. The number of unbranched alkanes of at least 4 members (excludes halogenated alkanes) is 2. The van der Waals surface area contributed by atoms with Crippen LogP contribution in [0.3, 0.4) is 0 Å². The van der Waals surface area contributed by atoms with Crippen LogP contribution in [-0.2, 0) is 13.1 Å². The van der Waals surface area contributed by atoms with Gasteiger partial charge in [-0.3, -0.25) is 4.90 Å². The second kappa shape index (κ2) is 11.3. The SMILES string of the molecule is CCCCCNc1nc(N)nc2ccn(Cc3ccc(CN4CCN(C(=O)O)CC4)cc3OC)c12. The van der Waals surface area contributed by atoms with Crippen LogP contribution in [0.25, 0.3) is 11.0 Å². The number of fused-ring (bicyclic) bond motifs is 1. The highest BCUT2D eigenvalue weighted by Gasteiger charge is 2.21. The van der Waals surface area contributed by atoms with Gasteiger partial charge >= 0.3 is 6.09 Å². The van der Waals surface area contributed by atoms with Crippen molar-refractivity contribution in [3.05, 3.63) is 41.6 Å². The molecule has 0 radical (unpaired) electrons. The molecule has 10 heteroatoms. The van der Waals surface area contributed by atoms with E-state index in [1.165, 1.54) is 4.90 Å². The topological polar surface area (TPSA) is 122 Å². The molecule has 0 saturated carbocycles. The minimum Gasteiger partial charge on any atom is -0.496 e. The van der Waals surface area contributed by atoms with Crippen LogP contribution in [0, 0.1) is 0 Å². The van der Waals surface area contributed by atoms with Gasteiger partial charge in [-0.15, -0.1) is 0 Å². The number of aromatic nitrogens is 3. The van der Waals surface area contributed by atoms with Crippen molar-refractivity contribution in [3.8, 4) is 5.75 Å². The van der Waals surface area contributed by atoms with Crippen molar-refractivity contribution in [3.63, 3.8) is 0 Å². The van der Waals surface area contributed by atoms with Gasteiger partial charge in [0.05, 0.1) is 19.2 Å². The van der Waals surface area contributed by atoms with Crippen molar-refractivity contribution in [2.75, 3.05) is 50.9 Å². The van der Waals surface area contributed by atoms with Gasteiger partial charge in [-0.25, -0.2) is 9.78 Å². The highest BCUT2D eigenvalue weighted by Crippen LogP contribution is 2.27. The molecule has 1 aliphatic rings. The molecule has 35 heavy (non-hydrogen) atoms. The number of benzene rings is 1. The first-order valence-electron chi connectivity index (χ1n) is 12.2. The Morgan fingerprint density at radius 1 is 1.14 bits per heavy atom. The summed E-state index contributed by atoms with van der Waals surface area (Å²) in [4.78, 5) is 23.8. The number of hydrogen-bond donors (Lipinski definition) is 3. The number of anilines is 2. The van der Waals surface area contributed by atoms with Gasteiger partial charge in [0.25, 0.3) is 0 Å². The first kappa shape index (κ1) is 24.6. The maximum atomic E-state index is 11.1. The molecule has 1 amide bonds. The van der Waals surface area contributed by atoms with Crippen molar-refractivity contribution < 1.29 is 14.6 Å². The molecule has 1 aromatic carbocycles. The lowest BCUT2D eigenvalue weighted by Crippen LogP contribution is -2.47. The quantitative estimate of drug-likeness (QED) is 0.376. The van der Waals surface area contributed by atoms with Gasteiger partial charge in [0.1, 0.15) is 11.3 Å². The Morgan fingerprint density at radius 3 is 2.66 bits per heavy atom. The maximum Gasteiger partial charge on any atom is 0.407 e. The van der Waals surface area contributed by atoms with Crippen molar-refractivity contribution in [2.45, 2.75) is 39.3 Å². The second-order valence-corrected chi connectivity index (χ2v) is 8.93. The van der Waals surface area contributed by atoms with Crippen LogP contribution in [-0.4, -0.2) is 75.4 Å². The monoisotopic (exact) mass is 481 g/mol. The molecule has 3 heterocycles. The molecule has 4 rings (SSSR count). The number of nitrogens with zero attached hydrogens (tertiary/aromatic N) is 5. The molecule has 0 spiro atoms. The number of methoxy groups -OCH3 is 1. The Bertz CT molecular complexity index is 1160. The fourth-order valence-corrected chi connectivity index (χ4v) is 4.52. The first-order valence-corrected chi connectivity index (χ1v) is 12.2. The summed E-state index contributed by atoms with van der Waals surface area (Å²) < 4.78 is 7.87. The Morgan fingerprint density at radius 2 is 1.94 bits per heavy atom. The Balaban J connectivity index is 1.50. The van der Waals surface area contributed by atoms with Crippen molar-refractivity contribution >= 4 is 28.9 Å². The Labute approximate surface area is 205 Å². The fourth-order valence-electron chi connectivity index (χ4n) is 4.52. The largest absolute Gasteiger partial charge is 0.496 e. The summed E-state index contributed by atoms with van der Waals surface area (Å²) >= 11 is 0. The van der Waals surface area contributed by atoms with Gasteiger partial charge in [0, 0.05) is 51.0 Å². The molecule has 0 atom stereocenters. The lowest BCUT2D eigenvalue weighted by molar-refractivity contribution is 0.103. The summed E-state index contributed by atoms with van der Waals surface area (Å²) in [7, 11) is 1.69. The number of nitrogens with one attached hydrogen (secondary N) is 1. The van der Waals surface area contributed by atoms with Crippen molar-refractivity contribution in [2.24, 2.45) is 0 Å². The molecule has 1 aliphatic heterocycles. The van der Waals surface area contributed by atoms with Crippen molar-refractivity contribution in [1.29, 1.82) is 0 Å². The van der Waals surface area contributed by atoms with Gasteiger partial charge in [-0.05, 0) is 24.1 Å². The van der Waals surface area contributed by atoms with E-state index in [0.29, 0.717) is 19.6 Å². The van der Waals surface area contributed by atoms with E-state index in [2.05, 4.69) is 49.9 Å². The number of hydrogen-bond acceptors (Lipinski definition) is 7. The molecule has 2 aromatic heterocycles. The first-order chi connectivity index (χ1) is 17.0. The molecule has 1 saturated heterocycles. The third kappa shape index (κ3) is 5.94. The number of ether oxygens (including phenoxy) is 1. The molecule has 3 aromatic rings. The van der Waals surface area contributed by atoms with E-state index in [4.69, 9.17) is 15.6 Å². The van der Waals surface area contributed by atoms with Gasteiger partial charge < -0.3 is 30.4 Å². The highest BCUT2D eigenvalue weighted by atomic mass is 16.5. The summed E-state index contributed by atoms with van der Waals surface area (Å²) in [5.74, 6) is 1.84. The van der Waals surface area contributed by atoms with E-state index in [-0.39, 0.29) is 5.95 Å². The van der Waals surface area contributed by atoms with E-state index in [1.807, 2.05) is 12.3 Å². The zero-order valence-electron chi connectivity index (χ0n) is 20.5. The van der Waals surface area contributed by atoms with Gasteiger partial charge in [0.2, 0.25) is 5.95 Å². The number of piperazine rings is 1. The molecule has 0 unspecified atom stereocenters. The molecule has 1 fully saturated rings. The van der Waals surface area contributed by atoms with E-state index in [0.717, 1.165) is 79.2 Å². The summed E-state index contributed by atoms with van der Waals surface area (Å²) in [6.45, 7) is 6.91. The maximum absolute atomic E-state index is 11.1. The van der Waals surface area contributed by atoms with Crippen LogP contribution in [0.4, 0.5) is 16.6 Å². The lowest BCUT2D eigenvalue weighted by Gasteiger charge is -2.33. The van der Waals surface area contributed by atoms with Crippen LogP contribution >= 0.6 is 0 Å². The molecule has 0 aliphatic carbocycles. The molecular formula is C25H35N7O3. The predicted molar refractivity (Wildman–Crippen MR) is 137 cm³/mol. The molecule has 10 nitrogen and oxygen atoms in total. The van der Waals surface area contributed by atoms with Crippen LogP contribution < -0.4 is 15.8 Å².